The van der Waals surface area contributed by atoms with Gasteiger partial charge in [-0.05, 0) is 0 Å². The van der Waals surface area contributed by atoms with Crippen molar-refractivity contribution >= 4 is 13.5 Å². The van der Waals surface area contributed by atoms with Crippen LogP contribution >= 0.6 is 0 Å². The van der Waals surface area contributed by atoms with Gasteiger partial charge in [-0.15, -0.1) is 6.58 Å². The molecule has 0 unspecified atom stereocenters. The molecule has 0 saturated carbocycles. The van der Waals surface area contributed by atoms with Crippen LogP contribution in [0.15, 0.2) is 67.3 Å². The first-order valence-corrected chi connectivity index (χ1v) is 9.88. The molecule has 0 radical (unpaired) electrons. The summed E-state index contributed by atoms with van der Waals surface area (Å²) in [6.45, 7) is 4.67. The summed E-state index contributed by atoms with van der Waals surface area (Å²) in [4.78, 5) is 0. The maximum absolute atomic E-state index is 14.8. The molecule has 2 nitrogen and oxygen atoms in total. The first-order valence-electron chi connectivity index (χ1n) is 9.88. The quantitative estimate of drug-likeness (QED) is 0.410. The Labute approximate surface area is 180 Å². The zero-order chi connectivity index (χ0) is 22.0. The summed E-state index contributed by atoms with van der Waals surface area (Å²) in [7, 11) is 3.47. The molecular formula is C25H20BF3O2. The molecule has 31 heavy (non-hydrogen) atoms. The minimum atomic E-state index is -0.940. The number of rotatable bonds is 5. The molecule has 0 aliphatic carbocycles. The van der Waals surface area contributed by atoms with E-state index in [0.717, 1.165) is 0 Å². The van der Waals surface area contributed by atoms with E-state index in [4.69, 9.17) is 9.47 Å². The van der Waals surface area contributed by atoms with E-state index >= 15 is 0 Å². The predicted octanol–water partition coefficient (Wildman–Crippen LogP) is 5.34. The number of hydrogen-bond acceptors (Lipinski definition) is 2. The topological polar surface area (TPSA) is 18.5 Å². The summed E-state index contributed by atoms with van der Waals surface area (Å²) < 4.78 is 54.5. The maximum atomic E-state index is 14.8. The average molecular weight is 420 g/mol. The van der Waals surface area contributed by atoms with Crippen molar-refractivity contribution in [2.75, 3.05) is 13.2 Å². The van der Waals surface area contributed by atoms with Crippen LogP contribution in [-0.4, -0.2) is 26.7 Å². The van der Waals surface area contributed by atoms with Crippen LogP contribution in [0.4, 0.5) is 13.2 Å². The van der Waals surface area contributed by atoms with Crippen LogP contribution in [0.1, 0.15) is 17.4 Å². The monoisotopic (exact) mass is 420 g/mol. The summed E-state index contributed by atoms with van der Waals surface area (Å²) in [5.74, 6) is -0.906. The van der Waals surface area contributed by atoms with Crippen LogP contribution < -0.4 is 0 Å². The Hall–Kier alpha value is -2.96. The van der Waals surface area contributed by atoms with Gasteiger partial charge in [0.15, 0.2) is 6.29 Å². The molecule has 1 saturated heterocycles. The molecule has 1 fully saturated rings. The molecule has 1 heterocycles. The van der Waals surface area contributed by atoms with Gasteiger partial charge >= 0.3 is 126 Å². The van der Waals surface area contributed by atoms with Gasteiger partial charge in [-0.25, -0.2) is 0 Å². The van der Waals surface area contributed by atoms with Crippen molar-refractivity contribution in [1.82, 2.24) is 0 Å². The zero-order valence-corrected chi connectivity index (χ0v) is 16.8. The molecule has 0 bridgehead atoms. The Morgan fingerprint density at radius 2 is 1.45 bits per heavy atom. The van der Waals surface area contributed by atoms with Crippen LogP contribution in [0.5, 0.6) is 0 Å². The number of benzene rings is 3. The molecule has 6 heteroatoms. The van der Waals surface area contributed by atoms with Crippen molar-refractivity contribution in [3.05, 3.63) is 95.8 Å². The van der Waals surface area contributed by atoms with Crippen molar-refractivity contribution < 1.29 is 22.6 Å². The fourth-order valence-electron chi connectivity index (χ4n) is 3.53. The van der Waals surface area contributed by atoms with Gasteiger partial charge in [0.1, 0.15) is 0 Å². The number of ether oxygens (including phenoxy) is 2. The van der Waals surface area contributed by atoms with E-state index < -0.39 is 23.7 Å². The Kier molecular flexibility index (Phi) is 6.21. The molecule has 1 aliphatic rings. The number of halogens is 3. The Bertz CT molecular complexity index is 1120. The van der Waals surface area contributed by atoms with Gasteiger partial charge < -0.3 is 9.47 Å². The van der Waals surface area contributed by atoms with E-state index in [1.165, 1.54) is 24.2 Å². The molecule has 3 aromatic rings. The second-order valence-electron chi connectivity index (χ2n) is 7.35. The van der Waals surface area contributed by atoms with E-state index in [0.29, 0.717) is 35.5 Å². The molecule has 0 spiro atoms. The average Bonchev–Trinajstić information content (AvgIpc) is 2.81. The van der Waals surface area contributed by atoms with E-state index in [2.05, 4.69) is 14.1 Å². The van der Waals surface area contributed by atoms with Gasteiger partial charge in [0.2, 0.25) is 0 Å². The van der Waals surface area contributed by atoms with Gasteiger partial charge in [-0.3, -0.25) is 0 Å². The van der Waals surface area contributed by atoms with Crippen LogP contribution in [0, 0.1) is 23.4 Å². The van der Waals surface area contributed by atoms with E-state index in [-0.39, 0.29) is 17.0 Å². The van der Waals surface area contributed by atoms with Crippen LogP contribution in [0.25, 0.3) is 22.3 Å². The van der Waals surface area contributed by atoms with E-state index in [1.54, 1.807) is 42.5 Å². The Balaban J connectivity index is 1.56. The van der Waals surface area contributed by atoms with Gasteiger partial charge in [0.05, 0.1) is 13.2 Å². The molecule has 0 atom stereocenters. The first kappa shape index (κ1) is 21.3. The summed E-state index contributed by atoms with van der Waals surface area (Å²) in [5, 5.41) is 0. The van der Waals surface area contributed by atoms with Crippen LogP contribution in [0.3, 0.4) is 0 Å². The molecule has 0 aromatic heterocycles. The van der Waals surface area contributed by atoms with Crippen LogP contribution in [-0.2, 0) is 9.47 Å². The molecule has 1 aliphatic heterocycles. The second-order valence-corrected chi connectivity index (χ2v) is 7.35. The third-order valence-corrected chi connectivity index (χ3v) is 5.36. The normalized spacial score (nSPS) is 18.5. The zero-order valence-electron chi connectivity index (χ0n) is 16.8. The summed E-state index contributed by atoms with van der Waals surface area (Å²) in [5.41, 5.74) is 2.34. The fraction of sp³-hybridized carbons (Fsp3) is 0.160. The van der Waals surface area contributed by atoms with Gasteiger partial charge in [-0.2, -0.15) is 0 Å². The van der Waals surface area contributed by atoms with E-state index in [1.807, 2.05) is 0 Å². The van der Waals surface area contributed by atoms with Gasteiger partial charge in [0, 0.05) is 11.5 Å². The summed E-state index contributed by atoms with van der Waals surface area (Å²) >= 11 is 0. The third kappa shape index (κ3) is 4.27. The number of hydrogen-bond donors (Lipinski definition) is 0. The van der Waals surface area contributed by atoms with Crippen LogP contribution in [0.2, 0.25) is 0 Å². The molecule has 156 valence electrons. The molecular weight excluding hydrogens is 400 g/mol. The fourth-order valence-corrected chi connectivity index (χ4v) is 3.53. The molecule has 0 amide bonds. The minimum absolute atomic E-state index is 0.103. The Morgan fingerprint density at radius 3 is 2.03 bits per heavy atom. The molecule has 4 rings (SSSR count). The van der Waals surface area contributed by atoms with Crippen molar-refractivity contribution in [3.8, 4) is 22.3 Å². The third-order valence-electron chi connectivity index (χ3n) is 5.36. The summed E-state index contributed by atoms with van der Waals surface area (Å²) in [6.07, 6.45) is 1.16. The van der Waals surface area contributed by atoms with E-state index in [9.17, 15) is 13.2 Å². The molecule has 0 N–H and O–H groups in total. The standard InChI is InChI=1S/C25H20BF3O2/c1-2-15-13-30-25(31-14-15)18-7-9-20(22(27)11-18)16-3-5-17(6-4-16)21-10-8-19(12-26)23(28)24(21)29/h2-12,15,25-26H,1,13-14H2. The second kappa shape index (κ2) is 9.04. The van der Waals surface area contributed by atoms with Gasteiger partial charge in [-0.1, -0.05) is 6.08 Å². The van der Waals surface area contributed by atoms with Crippen molar-refractivity contribution in [3.63, 3.8) is 0 Å². The van der Waals surface area contributed by atoms with Crippen molar-refractivity contribution in [2.45, 2.75) is 6.29 Å². The Morgan fingerprint density at radius 1 is 0.839 bits per heavy atom. The predicted molar refractivity (Wildman–Crippen MR) is 118 cm³/mol. The van der Waals surface area contributed by atoms with Crippen molar-refractivity contribution in [1.29, 1.82) is 0 Å². The molecule has 3 aromatic carbocycles. The SMILES string of the molecule is B=Cc1ccc(-c2ccc(-c3ccc(C4OCC(C=C)CO4)cc3F)cc2)c(F)c1F. The first-order chi connectivity index (χ1) is 15.0. The van der Waals surface area contributed by atoms with Crippen molar-refractivity contribution in [2.24, 2.45) is 5.92 Å². The summed E-state index contributed by atoms with van der Waals surface area (Å²) in [6, 6.07) is 14.4. The van der Waals surface area contributed by atoms with Gasteiger partial charge in [0.25, 0.3) is 0 Å².